The standard InChI is InChI=1S/C13H13ClN4O/c1-8(9-2-4-10(14)5-3-9)17-13(19)11-6-16-7-12(15)18-11/h2-8H,1H3,(H2,15,18)(H,17,19). The van der Waals surface area contributed by atoms with Crippen molar-refractivity contribution in [3.63, 3.8) is 0 Å². The first-order chi connectivity index (χ1) is 9.06. The van der Waals surface area contributed by atoms with Gasteiger partial charge in [-0.25, -0.2) is 4.98 Å². The SMILES string of the molecule is CC(NC(=O)c1cncc(N)n1)c1ccc(Cl)cc1. The van der Waals surface area contributed by atoms with E-state index in [1.54, 1.807) is 12.1 Å². The number of rotatable bonds is 3. The molecule has 0 aliphatic carbocycles. The highest BCUT2D eigenvalue weighted by Gasteiger charge is 2.13. The van der Waals surface area contributed by atoms with Gasteiger partial charge in [0.1, 0.15) is 11.5 Å². The predicted molar refractivity (Wildman–Crippen MR) is 73.8 cm³/mol. The fraction of sp³-hybridized carbons (Fsp3) is 0.154. The van der Waals surface area contributed by atoms with Gasteiger partial charge in [-0.15, -0.1) is 0 Å². The van der Waals surface area contributed by atoms with Gasteiger partial charge in [-0.05, 0) is 24.6 Å². The Hall–Kier alpha value is -2.14. The summed E-state index contributed by atoms with van der Waals surface area (Å²) in [5, 5.41) is 3.48. The van der Waals surface area contributed by atoms with Gasteiger partial charge in [0.15, 0.2) is 0 Å². The van der Waals surface area contributed by atoms with Gasteiger partial charge < -0.3 is 11.1 Å². The van der Waals surface area contributed by atoms with Gasteiger partial charge >= 0.3 is 0 Å². The minimum atomic E-state index is -0.317. The Bertz CT molecular complexity index is 585. The second-order valence-corrected chi connectivity index (χ2v) is 4.51. The van der Waals surface area contributed by atoms with Crippen molar-refractivity contribution < 1.29 is 4.79 Å². The van der Waals surface area contributed by atoms with Crippen LogP contribution in [0.4, 0.5) is 5.82 Å². The molecule has 98 valence electrons. The van der Waals surface area contributed by atoms with Crippen LogP contribution in [0.3, 0.4) is 0 Å². The van der Waals surface area contributed by atoms with Gasteiger partial charge in [0.25, 0.3) is 5.91 Å². The quantitative estimate of drug-likeness (QED) is 0.900. The molecule has 5 nitrogen and oxygen atoms in total. The van der Waals surface area contributed by atoms with Crippen molar-refractivity contribution in [2.24, 2.45) is 0 Å². The number of hydrogen-bond acceptors (Lipinski definition) is 4. The van der Waals surface area contributed by atoms with E-state index in [1.807, 2.05) is 19.1 Å². The number of amides is 1. The van der Waals surface area contributed by atoms with Crippen LogP contribution in [0.2, 0.25) is 5.02 Å². The Kier molecular flexibility index (Phi) is 3.97. The zero-order valence-electron chi connectivity index (χ0n) is 10.3. The number of benzene rings is 1. The highest BCUT2D eigenvalue weighted by molar-refractivity contribution is 6.30. The summed E-state index contributed by atoms with van der Waals surface area (Å²) in [7, 11) is 0. The Morgan fingerprint density at radius 2 is 2.00 bits per heavy atom. The van der Waals surface area contributed by atoms with Gasteiger partial charge in [-0.1, -0.05) is 23.7 Å². The monoisotopic (exact) mass is 276 g/mol. The molecule has 0 radical (unpaired) electrons. The van der Waals surface area contributed by atoms with Crippen molar-refractivity contribution in [1.82, 2.24) is 15.3 Å². The molecule has 0 saturated heterocycles. The van der Waals surface area contributed by atoms with E-state index in [0.29, 0.717) is 5.02 Å². The topological polar surface area (TPSA) is 80.9 Å². The van der Waals surface area contributed by atoms with E-state index in [1.165, 1.54) is 12.4 Å². The fourth-order valence-corrected chi connectivity index (χ4v) is 1.72. The molecular formula is C13H13ClN4O. The lowest BCUT2D eigenvalue weighted by Gasteiger charge is -2.14. The van der Waals surface area contributed by atoms with E-state index < -0.39 is 0 Å². The molecule has 2 rings (SSSR count). The lowest BCUT2D eigenvalue weighted by molar-refractivity contribution is 0.0934. The van der Waals surface area contributed by atoms with Crippen molar-refractivity contribution >= 4 is 23.3 Å². The lowest BCUT2D eigenvalue weighted by Crippen LogP contribution is -2.27. The minimum absolute atomic E-state index is 0.159. The van der Waals surface area contributed by atoms with Crippen LogP contribution in [-0.2, 0) is 0 Å². The molecule has 0 saturated carbocycles. The average molecular weight is 277 g/mol. The number of hydrogen-bond donors (Lipinski definition) is 2. The zero-order valence-corrected chi connectivity index (χ0v) is 11.1. The maximum atomic E-state index is 12.0. The highest BCUT2D eigenvalue weighted by Crippen LogP contribution is 2.16. The first-order valence-electron chi connectivity index (χ1n) is 5.70. The molecule has 1 atom stereocenters. The zero-order chi connectivity index (χ0) is 13.8. The summed E-state index contributed by atoms with van der Waals surface area (Å²) in [5.74, 6) is -0.103. The molecule has 0 spiro atoms. The van der Waals surface area contributed by atoms with Crippen LogP contribution < -0.4 is 11.1 Å². The summed E-state index contributed by atoms with van der Waals surface area (Å²) in [6, 6.07) is 7.11. The Morgan fingerprint density at radius 3 is 2.63 bits per heavy atom. The van der Waals surface area contributed by atoms with Crippen LogP contribution in [0, 0.1) is 0 Å². The van der Waals surface area contributed by atoms with Crippen molar-refractivity contribution in [2.75, 3.05) is 5.73 Å². The minimum Gasteiger partial charge on any atom is -0.382 e. The number of aromatic nitrogens is 2. The number of nitrogen functional groups attached to an aromatic ring is 1. The summed E-state index contributed by atoms with van der Waals surface area (Å²) < 4.78 is 0. The molecule has 6 heteroatoms. The van der Waals surface area contributed by atoms with Gasteiger partial charge in [-0.2, -0.15) is 0 Å². The van der Waals surface area contributed by atoms with Gasteiger partial charge in [0.2, 0.25) is 0 Å². The van der Waals surface area contributed by atoms with Crippen molar-refractivity contribution in [3.05, 3.63) is 52.9 Å². The number of anilines is 1. The van der Waals surface area contributed by atoms with Crippen molar-refractivity contribution in [1.29, 1.82) is 0 Å². The normalized spacial score (nSPS) is 11.9. The van der Waals surface area contributed by atoms with E-state index in [4.69, 9.17) is 17.3 Å². The van der Waals surface area contributed by atoms with Gasteiger partial charge in [-0.3, -0.25) is 9.78 Å². The second-order valence-electron chi connectivity index (χ2n) is 4.08. The number of carbonyl (C=O) groups is 1. The molecule has 1 heterocycles. The van der Waals surface area contributed by atoms with Crippen LogP contribution in [0.15, 0.2) is 36.7 Å². The van der Waals surface area contributed by atoms with Gasteiger partial charge in [0, 0.05) is 5.02 Å². The molecule has 0 bridgehead atoms. The van der Waals surface area contributed by atoms with Crippen LogP contribution >= 0.6 is 11.6 Å². The van der Waals surface area contributed by atoms with Crippen LogP contribution in [-0.4, -0.2) is 15.9 Å². The Morgan fingerprint density at radius 1 is 1.32 bits per heavy atom. The van der Waals surface area contributed by atoms with Crippen molar-refractivity contribution in [3.8, 4) is 0 Å². The summed E-state index contributed by atoms with van der Waals surface area (Å²) in [4.78, 5) is 19.7. The van der Waals surface area contributed by atoms with Crippen molar-refractivity contribution in [2.45, 2.75) is 13.0 Å². The first-order valence-corrected chi connectivity index (χ1v) is 6.08. The molecule has 0 aliphatic heterocycles. The molecule has 1 aromatic carbocycles. The third-order valence-corrected chi connectivity index (χ3v) is 2.86. The lowest BCUT2D eigenvalue weighted by atomic mass is 10.1. The summed E-state index contributed by atoms with van der Waals surface area (Å²) >= 11 is 5.82. The maximum Gasteiger partial charge on any atom is 0.272 e. The highest BCUT2D eigenvalue weighted by atomic mass is 35.5. The van der Waals surface area contributed by atoms with Crippen LogP contribution in [0.1, 0.15) is 29.0 Å². The number of nitrogens with two attached hydrogens (primary N) is 1. The number of nitrogens with zero attached hydrogens (tertiary/aromatic N) is 2. The molecule has 0 aliphatic rings. The van der Waals surface area contributed by atoms with Crippen LogP contribution in [0.5, 0.6) is 0 Å². The number of halogens is 1. The van der Waals surface area contributed by atoms with Crippen LogP contribution in [0.25, 0.3) is 0 Å². The summed E-state index contributed by atoms with van der Waals surface area (Å²) in [6.45, 7) is 1.88. The fourth-order valence-electron chi connectivity index (χ4n) is 1.60. The molecule has 1 amide bonds. The summed E-state index contributed by atoms with van der Waals surface area (Å²) in [5.41, 5.74) is 6.64. The number of carbonyl (C=O) groups excluding carboxylic acids is 1. The molecule has 2 aromatic rings. The predicted octanol–water partition coefficient (Wildman–Crippen LogP) is 2.20. The smallest absolute Gasteiger partial charge is 0.272 e. The van der Waals surface area contributed by atoms with E-state index >= 15 is 0 Å². The third kappa shape index (κ3) is 3.42. The molecule has 19 heavy (non-hydrogen) atoms. The summed E-state index contributed by atoms with van der Waals surface area (Å²) in [6.07, 6.45) is 2.76. The molecule has 3 N–H and O–H groups in total. The second kappa shape index (κ2) is 5.67. The first kappa shape index (κ1) is 13.3. The van der Waals surface area contributed by atoms with E-state index in [9.17, 15) is 4.79 Å². The molecule has 1 unspecified atom stereocenters. The van der Waals surface area contributed by atoms with Gasteiger partial charge in [0.05, 0.1) is 18.4 Å². The van der Waals surface area contributed by atoms with E-state index in [-0.39, 0.29) is 23.5 Å². The third-order valence-electron chi connectivity index (χ3n) is 2.60. The Balaban J connectivity index is 2.08. The largest absolute Gasteiger partial charge is 0.382 e. The average Bonchev–Trinajstić information content (AvgIpc) is 2.39. The molecule has 1 aromatic heterocycles. The number of nitrogens with one attached hydrogen (secondary N) is 1. The maximum absolute atomic E-state index is 12.0. The molecule has 0 fully saturated rings. The molecular weight excluding hydrogens is 264 g/mol. The Labute approximate surface area is 115 Å². The van der Waals surface area contributed by atoms with E-state index in [0.717, 1.165) is 5.56 Å². The van der Waals surface area contributed by atoms with E-state index in [2.05, 4.69) is 15.3 Å².